The topological polar surface area (TPSA) is 50.9 Å². The average molecular weight is 298 g/mol. The monoisotopic (exact) mass is 297 g/mol. The summed E-state index contributed by atoms with van der Waals surface area (Å²) >= 11 is 7.85. The summed E-state index contributed by atoms with van der Waals surface area (Å²) in [6.07, 6.45) is 1.38. The van der Waals surface area contributed by atoms with Gasteiger partial charge in [0.15, 0.2) is 5.65 Å². The van der Waals surface area contributed by atoms with Crippen molar-refractivity contribution < 1.29 is 14.0 Å². The van der Waals surface area contributed by atoms with Crippen molar-refractivity contribution >= 4 is 38.7 Å². The number of alkyl halides is 3. The van der Waals surface area contributed by atoms with Gasteiger partial charge < -0.3 is 5.21 Å². The summed E-state index contributed by atoms with van der Waals surface area (Å²) in [4.78, 5) is 7.17. The number of rotatable bonds is 1. The first kappa shape index (κ1) is 10.6. The molecule has 4 nitrogen and oxygen atoms in total. The van der Waals surface area contributed by atoms with Crippen molar-refractivity contribution in [1.82, 2.24) is 14.7 Å². The molecule has 0 aromatic carbocycles. The number of hydrogen-bond acceptors (Lipinski definition) is 3. The molecule has 0 radical (unpaired) electrons. The summed E-state index contributed by atoms with van der Waals surface area (Å²) in [5.74, 6) is -0.954. The lowest BCUT2D eigenvalue weighted by molar-refractivity contribution is 0.0530. The van der Waals surface area contributed by atoms with E-state index in [0.29, 0.717) is 4.47 Å². The van der Waals surface area contributed by atoms with Crippen molar-refractivity contribution in [1.29, 1.82) is 0 Å². The van der Waals surface area contributed by atoms with Crippen LogP contribution in [0.4, 0.5) is 8.78 Å². The van der Waals surface area contributed by atoms with Crippen molar-refractivity contribution in [2.45, 2.75) is 5.38 Å². The molecule has 0 spiro atoms. The predicted molar refractivity (Wildman–Crippen MR) is 52.2 cm³/mol. The fraction of sp³-hybridized carbons (Fsp3) is 0.143. The molecule has 15 heavy (non-hydrogen) atoms. The van der Waals surface area contributed by atoms with Gasteiger partial charge in [0.2, 0.25) is 5.82 Å². The van der Waals surface area contributed by atoms with Crippen LogP contribution in [-0.2, 0) is 5.38 Å². The molecule has 1 N–H and O–H groups in total. The van der Waals surface area contributed by atoms with Gasteiger partial charge in [0.1, 0.15) is 5.52 Å². The molecule has 2 aromatic heterocycles. The first-order valence-corrected chi connectivity index (χ1v) is 4.87. The number of nitrogens with zero attached hydrogens (tertiary/aromatic N) is 3. The van der Waals surface area contributed by atoms with E-state index in [9.17, 15) is 14.0 Å². The quantitative estimate of drug-likeness (QED) is 0.650. The van der Waals surface area contributed by atoms with Gasteiger partial charge in [0.25, 0.3) is 0 Å². The van der Waals surface area contributed by atoms with Gasteiger partial charge >= 0.3 is 5.38 Å². The van der Waals surface area contributed by atoms with Gasteiger partial charge in [-0.25, -0.2) is 9.97 Å². The first-order valence-electron chi connectivity index (χ1n) is 3.70. The number of halogens is 4. The number of fused-ring (bicyclic) bond motifs is 1. The summed E-state index contributed by atoms with van der Waals surface area (Å²) in [6, 6.07) is 1.40. The Morgan fingerprint density at radius 1 is 1.53 bits per heavy atom. The molecule has 0 amide bonds. The Morgan fingerprint density at radius 2 is 2.20 bits per heavy atom. The minimum Gasteiger partial charge on any atom is -0.426 e. The lowest BCUT2D eigenvalue weighted by Gasteiger charge is -2.05. The Morgan fingerprint density at radius 3 is 2.80 bits per heavy atom. The summed E-state index contributed by atoms with van der Waals surface area (Å²) in [6.45, 7) is 0. The molecular formula is C7H3BrClF2N3O. The molecule has 0 bridgehead atoms. The highest BCUT2D eigenvalue weighted by Gasteiger charge is 2.35. The zero-order valence-corrected chi connectivity index (χ0v) is 9.30. The van der Waals surface area contributed by atoms with Crippen LogP contribution in [0.2, 0.25) is 0 Å². The van der Waals surface area contributed by atoms with Crippen LogP contribution in [0.25, 0.3) is 11.2 Å². The van der Waals surface area contributed by atoms with E-state index >= 15 is 0 Å². The molecule has 0 atom stereocenters. The minimum absolute atomic E-state index is 0.00368. The van der Waals surface area contributed by atoms with E-state index < -0.39 is 11.2 Å². The van der Waals surface area contributed by atoms with Gasteiger partial charge in [0.05, 0.1) is 0 Å². The molecule has 0 aliphatic heterocycles. The highest BCUT2D eigenvalue weighted by atomic mass is 79.9. The SMILES string of the molecule is On1c(C(F)(F)Cl)nc2ncc(Br)cc21. The average Bonchev–Trinajstić information content (AvgIpc) is 2.43. The Labute approximate surface area is 95.6 Å². The lowest BCUT2D eigenvalue weighted by Crippen LogP contribution is -2.11. The van der Waals surface area contributed by atoms with Crippen LogP contribution in [0.3, 0.4) is 0 Å². The van der Waals surface area contributed by atoms with Crippen molar-refractivity contribution in [2.24, 2.45) is 0 Å². The van der Waals surface area contributed by atoms with E-state index in [1.54, 1.807) is 0 Å². The van der Waals surface area contributed by atoms with E-state index in [0.717, 1.165) is 0 Å². The summed E-state index contributed by atoms with van der Waals surface area (Å²) in [7, 11) is 0. The molecule has 0 fully saturated rings. The van der Waals surface area contributed by atoms with E-state index in [4.69, 9.17) is 11.6 Å². The zero-order chi connectivity index (χ0) is 11.2. The third kappa shape index (κ3) is 1.76. The molecule has 2 aromatic rings. The largest absolute Gasteiger partial charge is 0.426 e. The molecule has 2 rings (SSSR count). The number of aromatic nitrogens is 3. The van der Waals surface area contributed by atoms with Crippen LogP contribution < -0.4 is 0 Å². The Hall–Kier alpha value is -0.950. The van der Waals surface area contributed by atoms with Crippen LogP contribution in [0.1, 0.15) is 5.82 Å². The maximum absolute atomic E-state index is 12.7. The minimum atomic E-state index is -3.73. The fourth-order valence-corrected chi connectivity index (χ4v) is 1.55. The molecule has 0 unspecified atom stereocenters. The highest BCUT2D eigenvalue weighted by Crippen LogP contribution is 2.32. The Kier molecular flexibility index (Phi) is 2.31. The van der Waals surface area contributed by atoms with Crippen molar-refractivity contribution in [3.8, 4) is 0 Å². The maximum Gasteiger partial charge on any atom is 0.383 e. The van der Waals surface area contributed by atoms with Crippen LogP contribution in [0.5, 0.6) is 0 Å². The second-order valence-corrected chi connectivity index (χ2v) is 4.13. The van der Waals surface area contributed by atoms with E-state index in [2.05, 4.69) is 25.9 Å². The molecule has 0 aliphatic rings. The number of imidazole rings is 1. The van der Waals surface area contributed by atoms with Crippen molar-refractivity contribution in [3.63, 3.8) is 0 Å². The Bertz CT molecular complexity index is 525. The van der Waals surface area contributed by atoms with E-state index in [1.807, 2.05) is 0 Å². The molecular weight excluding hydrogens is 295 g/mol. The Balaban J connectivity index is 2.76. The number of pyridine rings is 1. The van der Waals surface area contributed by atoms with Crippen LogP contribution >= 0.6 is 27.5 Å². The highest BCUT2D eigenvalue weighted by molar-refractivity contribution is 9.10. The molecule has 8 heteroatoms. The standard InChI is InChI=1S/C7H3BrClF2N3O/c8-3-1-4-5(12-2-3)13-6(14(4)15)7(9,10)11/h1-2,15H. The molecule has 2 heterocycles. The summed E-state index contributed by atoms with van der Waals surface area (Å²) < 4.78 is 26.2. The van der Waals surface area contributed by atoms with Crippen LogP contribution in [-0.4, -0.2) is 19.9 Å². The van der Waals surface area contributed by atoms with Gasteiger partial charge in [-0.15, -0.1) is 0 Å². The van der Waals surface area contributed by atoms with Crippen LogP contribution in [0, 0.1) is 0 Å². The van der Waals surface area contributed by atoms with Gasteiger partial charge in [-0.2, -0.15) is 13.5 Å². The second-order valence-electron chi connectivity index (χ2n) is 2.74. The van der Waals surface area contributed by atoms with E-state index in [-0.39, 0.29) is 15.9 Å². The van der Waals surface area contributed by atoms with Crippen LogP contribution in [0.15, 0.2) is 16.7 Å². The molecule has 0 aliphatic carbocycles. The molecule has 80 valence electrons. The normalized spacial score (nSPS) is 12.3. The third-order valence-corrected chi connectivity index (χ3v) is 2.31. The van der Waals surface area contributed by atoms with Gasteiger partial charge in [-0.3, -0.25) is 0 Å². The number of hydrogen-bond donors (Lipinski definition) is 1. The van der Waals surface area contributed by atoms with Crippen molar-refractivity contribution in [3.05, 3.63) is 22.6 Å². The first-order chi connectivity index (χ1) is 6.89. The molecule has 0 saturated heterocycles. The molecule has 0 saturated carbocycles. The second kappa shape index (κ2) is 3.28. The lowest BCUT2D eigenvalue weighted by atomic mass is 10.4. The smallest absolute Gasteiger partial charge is 0.383 e. The van der Waals surface area contributed by atoms with Gasteiger partial charge in [0, 0.05) is 10.7 Å². The van der Waals surface area contributed by atoms with E-state index in [1.165, 1.54) is 12.3 Å². The fourth-order valence-electron chi connectivity index (χ4n) is 1.11. The third-order valence-electron chi connectivity index (χ3n) is 1.71. The zero-order valence-electron chi connectivity index (χ0n) is 6.96. The maximum atomic E-state index is 12.7. The van der Waals surface area contributed by atoms with Gasteiger partial charge in [-0.1, -0.05) is 0 Å². The summed E-state index contributed by atoms with van der Waals surface area (Å²) in [5, 5.41) is 5.64. The predicted octanol–water partition coefficient (Wildman–Crippen LogP) is 2.72. The van der Waals surface area contributed by atoms with Crippen molar-refractivity contribution in [2.75, 3.05) is 0 Å². The summed E-state index contributed by atoms with van der Waals surface area (Å²) in [5.41, 5.74) is 0.0516. The van der Waals surface area contributed by atoms with Gasteiger partial charge in [-0.05, 0) is 33.6 Å².